The van der Waals surface area contributed by atoms with E-state index in [1.54, 1.807) is 12.3 Å². The highest BCUT2D eigenvalue weighted by molar-refractivity contribution is 7.98. The molecule has 10 heteroatoms. The molecule has 0 saturated carbocycles. The third-order valence-corrected chi connectivity index (χ3v) is 4.58. The summed E-state index contributed by atoms with van der Waals surface area (Å²) in [5.74, 6) is 0. The number of aromatic amines is 1. The molecule has 0 radical (unpaired) electrons. The van der Waals surface area contributed by atoms with Gasteiger partial charge in [0.15, 0.2) is 5.16 Å². The summed E-state index contributed by atoms with van der Waals surface area (Å²) in [6, 6.07) is 6.25. The van der Waals surface area contributed by atoms with Crippen molar-refractivity contribution < 1.29 is 9.66 Å². The van der Waals surface area contributed by atoms with Crippen molar-refractivity contribution in [2.24, 2.45) is 0 Å². The zero-order chi connectivity index (χ0) is 18.7. The van der Waals surface area contributed by atoms with Crippen molar-refractivity contribution in [2.45, 2.75) is 5.16 Å². The second kappa shape index (κ2) is 7.55. The van der Waals surface area contributed by atoms with Crippen LogP contribution in [0.25, 0.3) is 11.3 Å². The number of nitriles is 1. The summed E-state index contributed by atoms with van der Waals surface area (Å²) in [5.41, 5.74) is 0.346. The lowest BCUT2D eigenvalue weighted by molar-refractivity contribution is -0.384. The molecular formula is C16H15N5O4S. The molecule has 2 aromatic rings. The fourth-order valence-electron chi connectivity index (χ4n) is 2.76. The summed E-state index contributed by atoms with van der Waals surface area (Å²) in [4.78, 5) is 31.8. The van der Waals surface area contributed by atoms with Crippen molar-refractivity contribution in [1.29, 1.82) is 5.26 Å². The van der Waals surface area contributed by atoms with Crippen molar-refractivity contribution in [3.05, 3.63) is 44.2 Å². The average Bonchev–Trinajstić information content (AvgIpc) is 2.67. The Hall–Kier alpha value is -2.90. The van der Waals surface area contributed by atoms with Gasteiger partial charge in [0.2, 0.25) is 0 Å². The zero-order valence-electron chi connectivity index (χ0n) is 13.9. The number of nitro groups is 1. The van der Waals surface area contributed by atoms with E-state index in [-0.39, 0.29) is 16.9 Å². The lowest BCUT2D eigenvalue weighted by atomic mass is 10.0. The van der Waals surface area contributed by atoms with Crippen LogP contribution in [0, 0.1) is 21.4 Å². The van der Waals surface area contributed by atoms with Gasteiger partial charge in [-0.3, -0.25) is 14.9 Å². The third kappa shape index (κ3) is 3.40. The largest absolute Gasteiger partial charge is 0.378 e. The zero-order valence-corrected chi connectivity index (χ0v) is 14.7. The number of non-ortho nitro benzene ring substituents is 1. The van der Waals surface area contributed by atoms with Gasteiger partial charge in [0.1, 0.15) is 11.6 Å². The minimum Gasteiger partial charge on any atom is -0.378 e. The maximum atomic E-state index is 12.2. The van der Waals surface area contributed by atoms with Gasteiger partial charge in [0.25, 0.3) is 11.2 Å². The van der Waals surface area contributed by atoms with Gasteiger partial charge in [0, 0.05) is 36.5 Å². The average molecular weight is 373 g/mol. The van der Waals surface area contributed by atoms with Gasteiger partial charge < -0.3 is 14.6 Å². The fraction of sp³-hybridized carbons (Fsp3) is 0.312. The predicted molar refractivity (Wildman–Crippen MR) is 96.5 cm³/mol. The number of benzene rings is 1. The van der Waals surface area contributed by atoms with Crippen molar-refractivity contribution in [1.82, 2.24) is 9.97 Å². The molecule has 1 aromatic carbocycles. The maximum absolute atomic E-state index is 12.2. The molecule has 1 aliphatic rings. The van der Waals surface area contributed by atoms with Gasteiger partial charge in [-0.2, -0.15) is 5.26 Å². The van der Waals surface area contributed by atoms with Crippen LogP contribution in [-0.2, 0) is 4.74 Å². The first kappa shape index (κ1) is 17.9. The van der Waals surface area contributed by atoms with Crippen LogP contribution >= 0.6 is 11.8 Å². The molecule has 0 bridgehead atoms. The van der Waals surface area contributed by atoms with Crippen LogP contribution in [-0.4, -0.2) is 47.5 Å². The SMILES string of the molecule is CSc1nc(-c2cc([N+](=O)[O-])ccc2N2CCOCC2)c(C#N)c(=O)[nH]1. The summed E-state index contributed by atoms with van der Waals surface area (Å²) in [5, 5.41) is 21.0. The van der Waals surface area contributed by atoms with E-state index < -0.39 is 10.5 Å². The second-order valence-corrected chi connectivity index (χ2v) is 6.26. The van der Waals surface area contributed by atoms with E-state index in [9.17, 15) is 20.2 Å². The first-order valence-corrected chi connectivity index (χ1v) is 8.97. The number of anilines is 1. The number of morpholine rings is 1. The second-order valence-electron chi connectivity index (χ2n) is 5.47. The Bertz CT molecular complexity index is 947. The molecule has 26 heavy (non-hydrogen) atoms. The molecule has 3 rings (SSSR count). The normalized spacial score (nSPS) is 14.1. The minimum atomic E-state index is -0.568. The van der Waals surface area contributed by atoms with Crippen LogP contribution in [0.15, 0.2) is 28.2 Å². The fourth-order valence-corrected chi connectivity index (χ4v) is 3.13. The van der Waals surface area contributed by atoms with Gasteiger partial charge in [-0.15, -0.1) is 0 Å². The topological polar surface area (TPSA) is 125 Å². The Balaban J connectivity index is 2.27. The molecule has 0 spiro atoms. The summed E-state index contributed by atoms with van der Waals surface area (Å²) in [7, 11) is 0. The molecule has 0 aliphatic carbocycles. The van der Waals surface area contributed by atoms with Gasteiger partial charge in [-0.1, -0.05) is 11.8 Å². The van der Waals surface area contributed by atoms with Crippen LogP contribution < -0.4 is 10.5 Å². The standard InChI is InChI=1S/C16H15N5O4S/c1-26-16-18-14(12(9-17)15(22)19-16)11-8-10(21(23)24)2-3-13(11)20-4-6-25-7-5-20/h2-3,8H,4-7H2,1H3,(H,18,19,22). The Morgan fingerprint density at radius 1 is 1.42 bits per heavy atom. The van der Waals surface area contributed by atoms with Crippen LogP contribution in [0.2, 0.25) is 0 Å². The number of H-pyrrole nitrogens is 1. The van der Waals surface area contributed by atoms with Crippen molar-refractivity contribution >= 4 is 23.1 Å². The molecule has 1 fully saturated rings. The number of hydrogen-bond donors (Lipinski definition) is 1. The van der Waals surface area contributed by atoms with Gasteiger partial charge >= 0.3 is 0 Å². The van der Waals surface area contributed by atoms with Crippen molar-refractivity contribution in [3.8, 4) is 17.3 Å². The Kier molecular flexibility index (Phi) is 5.20. The monoisotopic (exact) mass is 373 g/mol. The molecule has 1 N–H and O–H groups in total. The smallest absolute Gasteiger partial charge is 0.270 e. The minimum absolute atomic E-state index is 0.131. The summed E-state index contributed by atoms with van der Waals surface area (Å²) < 4.78 is 5.35. The molecule has 1 saturated heterocycles. The lowest BCUT2D eigenvalue weighted by Crippen LogP contribution is -2.36. The molecule has 0 amide bonds. The Morgan fingerprint density at radius 3 is 2.77 bits per heavy atom. The molecule has 134 valence electrons. The maximum Gasteiger partial charge on any atom is 0.270 e. The number of aromatic nitrogens is 2. The third-order valence-electron chi connectivity index (χ3n) is 4.00. The predicted octanol–water partition coefficient (Wildman–Crippen LogP) is 1.78. The van der Waals surface area contributed by atoms with E-state index in [1.165, 1.54) is 23.9 Å². The quantitative estimate of drug-likeness (QED) is 0.372. The highest BCUT2D eigenvalue weighted by Gasteiger charge is 2.23. The number of thioether (sulfide) groups is 1. The highest BCUT2D eigenvalue weighted by atomic mass is 32.2. The van der Waals surface area contributed by atoms with Crippen LogP contribution in [0.1, 0.15) is 5.56 Å². The molecule has 1 aliphatic heterocycles. The number of nitro benzene ring substituents is 1. The number of ether oxygens (including phenoxy) is 1. The first-order valence-electron chi connectivity index (χ1n) is 7.75. The summed E-state index contributed by atoms with van der Waals surface area (Å²) in [6.45, 7) is 2.26. The molecular weight excluding hydrogens is 358 g/mol. The number of nitrogens with one attached hydrogen (secondary N) is 1. The lowest BCUT2D eigenvalue weighted by Gasteiger charge is -2.30. The number of hydrogen-bond acceptors (Lipinski definition) is 8. The molecule has 1 aromatic heterocycles. The number of rotatable bonds is 4. The Labute approximate surface area is 152 Å². The van der Waals surface area contributed by atoms with E-state index in [1.807, 2.05) is 11.0 Å². The van der Waals surface area contributed by atoms with E-state index >= 15 is 0 Å². The van der Waals surface area contributed by atoms with E-state index in [0.29, 0.717) is 42.7 Å². The van der Waals surface area contributed by atoms with Crippen molar-refractivity contribution in [2.75, 3.05) is 37.5 Å². The van der Waals surface area contributed by atoms with E-state index in [0.717, 1.165) is 0 Å². The van der Waals surface area contributed by atoms with Gasteiger partial charge in [-0.25, -0.2) is 4.98 Å². The molecule has 9 nitrogen and oxygen atoms in total. The highest BCUT2D eigenvalue weighted by Crippen LogP contribution is 2.35. The first-order chi connectivity index (χ1) is 12.5. The van der Waals surface area contributed by atoms with Crippen LogP contribution in [0.3, 0.4) is 0 Å². The van der Waals surface area contributed by atoms with E-state index in [2.05, 4.69) is 9.97 Å². The number of nitrogens with zero attached hydrogens (tertiary/aromatic N) is 4. The molecule has 0 atom stereocenters. The van der Waals surface area contributed by atoms with Crippen LogP contribution in [0.4, 0.5) is 11.4 Å². The molecule has 2 heterocycles. The summed E-state index contributed by atoms with van der Waals surface area (Å²) in [6.07, 6.45) is 1.74. The van der Waals surface area contributed by atoms with Gasteiger partial charge in [-0.05, 0) is 12.3 Å². The molecule has 0 unspecified atom stereocenters. The Morgan fingerprint density at radius 2 is 2.15 bits per heavy atom. The van der Waals surface area contributed by atoms with E-state index in [4.69, 9.17) is 4.74 Å². The summed E-state index contributed by atoms with van der Waals surface area (Å²) >= 11 is 1.22. The van der Waals surface area contributed by atoms with Crippen LogP contribution in [0.5, 0.6) is 0 Å². The van der Waals surface area contributed by atoms with Gasteiger partial charge in [0.05, 0.1) is 23.8 Å². The van der Waals surface area contributed by atoms with Crippen molar-refractivity contribution in [3.63, 3.8) is 0 Å².